The summed E-state index contributed by atoms with van der Waals surface area (Å²) in [5.41, 5.74) is 0.631. The molecule has 2 atom stereocenters. The van der Waals surface area contributed by atoms with Crippen LogP contribution in [0.15, 0.2) is 58.3 Å². The zero-order valence-corrected chi connectivity index (χ0v) is 20.1. The first-order valence-electron chi connectivity index (χ1n) is 11.8. The normalized spacial score (nSPS) is 21.0. The Labute approximate surface area is 207 Å². The number of amidine groups is 1. The van der Waals surface area contributed by atoms with Crippen LogP contribution < -0.4 is 5.32 Å². The van der Waals surface area contributed by atoms with Crippen LogP contribution in [0.4, 0.5) is 17.6 Å². The second-order valence-corrected chi connectivity index (χ2v) is 9.19. The van der Waals surface area contributed by atoms with Crippen molar-refractivity contribution in [1.82, 2.24) is 15.1 Å². The first-order valence-corrected chi connectivity index (χ1v) is 11.8. The van der Waals surface area contributed by atoms with E-state index in [0.717, 1.165) is 30.2 Å². The summed E-state index contributed by atoms with van der Waals surface area (Å²) in [5, 5.41) is 11.5. The van der Waals surface area contributed by atoms with Gasteiger partial charge in [0.05, 0.1) is 29.3 Å². The van der Waals surface area contributed by atoms with E-state index in [1.54, 1.807) is 6.08 Å². The highest BCUT2D eigenvalue weighted by molar-refractivity contribution is 6.22. The van der Waals surface area contributed by atoms with Gasteiger partial charge in [0.1, 0.15) is 11.7 Å². The van der Waals surface area contributed by atoms with Gasteiger partial charge in [-0.3, -0.25) is 14.7 Å². The fraction of sp³-hybridized carbons (Fsp3) is 0.423. The van der Waals surface area contributed by atoms with Crippen molar-refractivity contribution >= 4 is 11.7 Å². The molecule has 0 saturated heterocycles. The molecule has 1 aromatic carbocycles. The summed E-state index contributed by atoms with van der Waals surface area (Å²) >= 11 is 0. The van der Waals surface area contributed by atoms with Crippen molar-refractivity contribution in [3.8, 4) is 6.07 Å². The van der Waals surface area contributed by atoms with Gasteiger partial charge in [0.15, 0.2) is 0 Å². The average molecular weight is 502 g/mol. The van der Waals surface area contributed by atoms with Crippen molar-refractivity contribution in [2.75, 3.05) is 26.2 Å². The molecule has 4 rings (SSSR count). The molecule has 1 aromatic rings. The number of nitrogens with one attached hydrogen (secondary N) is 1. The molecule has 0 spiro atoms. The maximum absolute atomic E-state index is 14.6. The topological polar surface area (TPSA) is 71.7 Å². The third kappa shape index (κ3) is 5.36. The molecule has 1 amide bonds. The third-order valence-electron chi connectivity index (χ3n) is 6.51. The number of allylic oxidation sites excluding steroid dienone is 2. The molecule has 3 heterocycles. The Morgan fingerprint density at radius 3 is 2.81 bits per heavy atom. The molecule has 0 bridgehead atoms. The third-order valence-corrected chi connectivity index (χ3v) is 6.51. The minimum absolute atomic E-state index is 0.0352. The minimum atomic E-state index is -4.83. The van der Waals surface area contributed by atoms with Crippen LogP contribution in [0.3, 0.4) is 0 Å². The molecule has 0 radical (unpaired) electrons. The largest absolute Gasteiger partial charge is 0.419 e. The van der Waals surface area contributed by atoms with Crippen molar-refractivity contribution in [3.63, 3.8) is 0 Å². The highest BCUT2D eigenvalue weighted by Crippen LogP contribution is 2.34. The van der Waals surface area contributed by atoms with Crippen molar-refractivity contribution < 1.29 is 22.4 Å². The number of carbonyl (C=O) groups is 1. The average Bonchev–Trinajstić information content (AvgIpc) is 3.21. The van der Waals surface area contributed by atoms with E-state index >= 15 is 0 Å². The van der Waals surface area contributed by atoms with Crippen LogP contribution >= 0.6 is 0 Å². The van der Waals surface area contributed by atoms with Crippen LogP contribution in [0, 0.1) is 17.1 Å². The van der Waals surface area contributed by atoms with Crippen molar-refractivity contribution in [3.05, 3.63) is 70.2 Å². The summed E-state index contributed by atoms with van der Waals surface area (Å²) in [6, 6.07) is 4.17. The number of halogens is 4. The Hall–Kier alpha value is -3.45. The molecular formula is C26H27F4N5O. The number of hydrogen-bond acceptors (Lipinski definition) is 5. The van der Waals surface area contributed by atoms with E-state index in [1.165, 1.54) is 13.0 Å². The SMILES string of the molecule is C[C@@H]1CN2C=C(C3=CCN(CCC#N)CC3)C=C(C(=O)N[C@H](C)c3cccc(C(F)(F)F)c3F)C2=N1. The van der Waals surface area contributed by atoms with Crippen LogP contribution in [0.2, 0.25) is 0 Å². The Morgan fingerprint density at radius 1 is 1.36 bits per heavy atom. The fourth-order valence-corrected chi connectivity index (χ4v) is 4.64. The van der Waals surface area contributed by atoms with Gasteiger partial charge >= 0.3 is 6.18 Å². The van der Waals surface area contributed by atoms with Gasteiger partial charge in [0.25, 0.3) is 5.91 Å². The van der Waals surface area contributed by atoms with Gasteiger partial charge in [0.2, 0.25) is 0 Å². The molecule has 0 aliphatic carbocycles. The lowest BCUT2D eigenvalue weighted by Gasteiger charge is -2.29. The number of alkyl halides is 3. The van der Waals surface area contributed by atoms with Gasteiger partial charge in [-0.15, -0.1) is 0 Å². The van der Waals surface area contributed by atoms with Crippen LogP contribution in [0.1, 0.15) is 43.9 Å². The van der Waals surface area contributed by atoms with E-state index in [-0.39, 0.29) is 11.6 Å². The molecule has 0 unspecified atom stereocenters. The van der Waals surface area contributed by atoms with Gasteiger partial charge in [-0.05, 0) is 43.6 Å². The molecule has 36 heavy (non-hydrogen) atoms. The summed E-state index contributed by atoms with van der Waals surface area (Å²) in [4.78, 5) is 22.0. The summed E-state index contributed by atoms with van der Waals surface area (Å²) in [6.07, 6.45) is 2.18. The fourth-order valence-electron chi connectivity index (χ4n) is 4.64. The highest BCUT2D eigenvalue weighted by atomic mass is 19.4. The Morgan fingerprint density at radius 2 is 2.14 bits per heavy atom. The first-order chi connectivity index (χ1) is 17.1. The summed E-state index contributed by atoms with van der Waals surface area (Å²) < 4.78 is 54.1. The Balaban J connectivity index is 1.57. The van der Waals surface area contributed by atoms with E-state index in [9.17, 15) is 22.4 Å². The standard InChI is InChI=1S/C26H27F4N5O/c1-16-14-35-15-19(18-7-11-34(12-8-18)10-4-9-31)13-21(24(35)32-16)25(36)33-17(2)20-5-3-6-22(23(20)27)26(28,29)30/h3,5-7,13,15-17H,4,8,10-12,14H2,1-2H3,(H,33,36)/t16-,17-/m1/s1. The number of carbonyl (C=O) groups excluding carboxylic acids is 1. The molecule has 10 heteroatoms. The minimum Gasteiger partial charge on any atom is -0.345 e. The lowest BCUT2D eigenvalue weighted by molar-refractivity contribution is -0.140. The van der Waals surface area contributed by atoms with Gasteiger partial charge in [-0.1, -0.05) is 18.2 Å². The molecular weight excluding hydrogens is 474 g/mol. The number of fused-ring (bicyclic) bond motifs is 1. The molecule has 190 valence electrons. The predicted molar refractivity (Wildman–Crippen MR) is 127 cm³/mol. The quantitative estimate of drug-likeness (QED) is 0.583. The van der Waals surface area contributed by atoms with Crippen LogP contribution in [0.25, 0.3) is 0 Å². The maximum Gasteiger partial charge on any atom is 0.419 e. The van der Waals surface area contributed by atoms with Gasteiger partial charge < -0.3 is 10.2 Å². The lowest BCUT2D eigenvalue weighted by Crippen LogP contribution is -2.37. The van der Waals surface area contributed by atoms with Crippen LogP contribution in [-0.4, -0.2) is 53.8 Å². The van der Waals surface area contributed by atoms with Crippen molar-refractivity contribution in [2.24, 2.45) is 4.99 Å². The van der Waals surface area contributed by atoms with Gasteiger partial charge in [-0.25, -0.2) is 4.39 Å². The van der Waals surface area contributed by atoms with Gasteiger partial charge in [0, 0.05) is 44.4 Å². The number of rotatable bonds is 6. The zero-order valence-electron chi connectivity index (χ0n) is 20.1. The van der Waals surface area contributed by atoms with Crippen molar-refractivity contribution in [1.29, 1.82) is 5.26 Å². The molecule has 3 aliphatic rings. The summed E-state index contributed by atoms with van der Waals surface area (Å²) in [6.45, 7) is 6.18. The smallest absolute Gasteiger partial charge is 0.345 e. The number of nitriles is 1. The Kier molecular flexibility index (Phi) is 7.31. The molecule has 1 N–H and O–H groups in total. The zero-order chi connectivity index (χ0) is 26.0. The van der Waals surface area contributed by atoms with E-state index < -0.39 is 29.5 Å². The predicted octanol–water partition coefficient (Wildman–Crippen LogP) is 4.49. The molecule has 3 aliphatic heterocycles. The number of aliphatic imine (C=N–C) groups is 1. The molecule has 0 aromatic heterocycles. The summed E-state index contributed by atoms with van der Waals surface area (Å²) in [5.74, 6) is -1.43. The monoisotopic (exact) mass is 501 g/mol. The molecule has 6 nitrogen and oxygen atoms in total. The van der Waals surface area contributed by atoms with E-state index in [0.29, 0.717) is 43.5 Å². The number of amides is 1. The van der Waals surface area contributed by atoms with Crippen LogP contribution in [0.5, 0.6) is 0 Å². The number of benzene rings is 1. The molecule has 0 saturated carbocycles. The summed E-state index contributed by atoms with van der Waals surface area (Å²) in [7, 11) is 0. The van der Waals surface area contributed by atoms with Gasteiger partial charge in [-0.2, -0.15) is 18.4 Å². The van der Waals surface area contributed by atoms with E-state index in [4.69, 9.17) is 5.26 Å². The van der Waals surface area contributed by atoms with E-state index in [2.05, 4.69) is 27.4 Å². The van der Waals surface area contributed by atoms with Crippen molar-refractivity contribution in [2.45, 2.75) is 44.9 Å². The highest BCUT2D eigenvalue weighted by Gasteiger charge is 2.36. The number of nitrogens with zero attached hydrogens (tertiary/aromatic N) is 4. The van der Waals surface area contributed by atoms with Crippen LogP contribution in [-0.2, 0) is 11.0 Å². The maximum atomic E-state index is 14.6. The molecule has 0 fully saturated rings. The first kappa shape index (κ1) is 25.6. The van der Waals surface area contributed by atoms with E-state index in [1.807, 2.05) is 18.0 Å². The second kappa shape index (κ2) is 10.3. The number of hydrogen-bond donors (Lipinski definition) is 1. The Bertz CT molecular complexity index is 1210. The lowest BCUT2D eigenvalue weighted by atomic mass is 9.94. The second-order valence-electron chi connectivity index (χ2n) is 9.19.